The van der Waals surface area contributed by atoms with E-state index in [4.69, 9.17) is 12.2 Å². The number of hydrogen-bond donors (Lipinski definition) is 1. The van der Waals surface area contributed by atoms with Gasteiger partial charge in [0, 0.05) is 12.3 Å². The van der Waals surface area contributed by atoms with Crippen LogP contribution in [-0.2, 0) is 4.79 Å². The quantitative estimate of drug-likeness (QED) is 0.719. The molecule has 0 bridgehead atoms. The Morgan fingerprint density at radius 1 is 1.47 bits per heavy atom. The zero-order valence-electron chi connectivity index (χ0n) is 9.70. The van der Waals surface area contributed by atoms with Gasteiger partial charge in [-0.3, -0.25) is 4.79 Å². The first kappa shape index (κ1) is 12.3. The Bertz CT molecular complexity index is 266. The molecule has 0 aromatic carbocycles. The summed E-state index contributed by atoms with van der Waals surface area (Å²) < 4.78 is 0. The van der Waals surface area contributed by atoms with Crippen LogP contribution in [0.1, 0.15) is 39.5 Å². The van der Waals surface area contributed by atoms with Gasteiger partial charge in [0.2, 0.25) is 0 Å². The van der Waals surface area contributed by atoms with Crippen LogP contribution >= 0.6 is 0 Å². The van der Waals surface area contributed by atoms with Gasteiger partial charge in [-0.25, -0.2) is 0 Å². The minimum absolute atomic E-state index is 0.152. The van der Waals surface area contributed by atoms with Crippen molar-refractivity contribution >= 4 is 5.78 Å². The minimum atomic E-state index is -0.444. The first-order valence-electron chi connectivity index (χ1n) is 5.79. The van der Waals surface area contributed by atoms with Crippen molar-refractivity contribution in [2.24, 2.45) is 23.5 Å². The number of terminal acetylenes is 1. The van der Waals surface area contributed by atoms with Crippen molar-refractivity contribution in [3.63, 3.8) is 0 Å². The molecule has 2 N–H and O–H groups in total. The van der Waals surface area contributed by atoms with Crippen molar-refractivity contribution in [1.82, 2.24) is 0 Å². The lowest BCUT2D eigenvalue weighted by Crippen LogP contribution is -2.38. The van der Waals surface area contributed by atoms with Gasteiger partial charge < -0.3 is 5.73 Å². The summed E-state index contributed by atoms with van der Waals surface area (Å²) in [5.74, 6) is 4.15. The van der Waals surface area contributed by atoms with Gasteiger partial charge in [0.15, 0.2) is 5.78 Å². The summed E-state index contributed by atoms with van der Waals surface area (Å²) in [5.41, 5.74) is 5.75. The summed E-state index contributed by atoms with van der Waals surface area (Å²) in [6.45, 7) is 4.48. The van der Waals surface area contributed by atoms with Crippen LogP contribution in [0.4, 0.5) is 0 Å². The number of nitrogens with two attached hydrogens (primary N) is 1. The van der Waals surface area contributed by atoms with Crippen molar-refractivity contribution < 1.29 is 4.79 Å². The van der Waals surface area contributed by atoms with E-state index in [0.29, 0.717) is 12.3 Å². The predicted molar refractivity (Wildman–Crippen MR) is 62.1 cm³/mol. The van der Waals surface area contributed by atoms with E-state index in [1.54, 1.807) is 0 Å². The maximum Gasteiger partial charge on any atom is 0.153 e. The van der Waals surface area contributed by atoms with Crippen LogP contribution in [0.3, 0.4) is 0 Å². The van der Waals surface area contributed by atoms with E-state index in [9.17, 15) is 4.79 Å². The van der Waals surface area contributed by atoms with Crippen LogP contribution < -0.4 is 5.73 Å². The molecule has 84 valence electrons. The van der Waals surface area contributed by atoms with E-state index in [1.165, 1.54) is 0 Å². The smallest absolute Gasteiger partial charge is 0.153 e. The summed E-state index contributed by atoms with van der Waals surface area (Å²) in [6, 6.07) is -0.444. The monoisotopic (exact) mass is 207 g/mol. The van der Waals surface area contributed by atoms with Crippen LogP contribution in [0.5, 0.6) is 0 Å². The molecule has 0 aromatic heterocycles. The van der Waals surface area contributed by atoms with Crippen LogP contribution in [0, 0.1) is 30.1 Å². The van der Waals surface area contributed by atoms with Gasteiger partial charge in [-0.05, 0) is 31.1 Å². The fraction of sp³-hybridized carbons (Fsp3) is 0.769. The van der Waals surface area contributed by atoms with Crippen LogP contribution in [0.15, 0.2) is 0 Å². The van der Waals surface area contributed by atoms with Gasteiger partial charge in [-0.15, -0.1) is 12.3 Å². The number of rotatable bonds is 3. The molecule has 2 nitrogen and oxygen atoms in total. The van der Waals surface area contributed by atoms with E-state index in [-0.39, 0.29) is 11.7 Å². The molecule has 0 amide bonds. The summed E-state index contributed by atoms with van der Waals surface area (Å²) in [6.07, 6.45) is 8.65. The third-order valence-corrected chi connectivity index (χ3v) is 3.70. The molecule has 1 rings (SSSR count). The molecule has 1 fully saturated rings. The Labute approximate surface area is 92.6 Å². The van der Waals surface area contributed by atoms with E-state index < -0.39 is 6.04 Å². The summed E-state index contributed by atoms with van der Waals surface area (Å²) in [4.78, 5) is 11.9. The van der Waals surface area contributed by atoms with E-state index in [2.05, 4.69) is 19.8 Å². The molecule has 2 heteroatoms. The van der Waals surface area contributed by atoms with Gasteiger partial charge in [0.1, 0.15) is 0 Å². The predicted octanol–water partition coefficient (Wildman–Crippen LogP) is 1.98. The van der Waals surface area contributed by atoms with Crippen LogP contribution in [-0.4, -0.2) is 11.8 Å². The second kappa shape index (κ2) is 5.32. The zero-order valence-corrected chi connectivity index (χ0v) is 9.70. The number of Topliss-reactive ketones (excluding diaryl/α,β-unsaturated/α-hetero) is 1. The summed E-state index contributed by atoms with van der Waals surface area (Å²) >= 11 is 0. The summed E-state index contributed by atoms with van der Waals surface area (Å²) in [7, 11) is 0. The highest BCUT2D eigenvalue weighted by Crippen LogP contribution is 2.34. The molecule has 0 aliphatic heterocycles. The Kier molecular flexibility index (Phi) is 4.35. The van der Waals surface area contributed by atoms with Gasteiger partial charge in [0.25, 0.3) is 0 Å². The molecule has 1 aliphatic carbocycles. The molecular weight excluding hydrogens is 186 g/mol. The molecule has 15 heavy (non-hydrogen) atoms. The van der Waals surface area contributed by atoms with Crippen LogP contribution in [0.2, 0.25) is 0 Å². The molecule has 4 atom stereocenters. The van der Waals surface area contributed by atoms with Gasteiger partial charge >= 0.3 is 0 Å². The van der Waals surface area contributed by atoms with Crippen molar-refractivity contribution in [2.45, 2.75) is 45.6 Å². The largest absolute Gasteiger partial charge is 0.321 e. The first-order valence-corrected chi connectivity index (χ1v) is 5.79. The Morgan fingerprint density at radius 2 is 2.13 bits per heavy atom. The Morgan fingerprint density at radius 3 is 2.67 bits per heavy atom. The molecule has 0 radical (unpaired) electrons. The van der Waals surface area contributed by atoms with E-state index in [0.717, 1.165) is 25.2 Å². The average molecular weight is 207 g/mol. The Hall–Kier alpha value is -0.810. The van der Waals surface area contributed by atoms with Gasteiger partial charge in [0.05, 0.1) is 6.04 Å². The Balaban J connectivity index is 2.51. The fourth-order valence-corrected chi connectivity index (χ4v) is 2.34. The molecular formula is C13H21NO. The molecule has 0 spiro atoms. The maximum absolute atomic E-state index is 11.9. The second-order valence-corrected chi connectivity index (χ2v) is 4.88. The van der Waals surface area contributed by atoms with E-state index in [1.807, 2.05) is 0 Å². The maximum atomic E-state index is 11.9. The van der Waals surface area contributed by atoms with Crippen molar-refractivity contribution in [3.05, 3.63) is 0 Å². The van der Waals surface area contributed by atoms with E-state index >= 15 is 0 Å². The first-order chi connectivity index (χ1) is 7.06. The minimum Gasteiger partial charge on any atom is -0.321 e. The second-order valence-electron chi connectivity index (χ2n) is 4.88. The highest BCUT2D eigenvalue weighted by atomic mass is 16.1. The lowest BCUT2D eigenvalue weighted by molar-refractivity contribution is -0.125. The zero-order chi connectivity index (χ0) is 11.4. The lowest BCUT2D eigenvalue weighted by Gasteiger charge is -2.32. The summed E-state index contributed by atoms with van der Waals surface area (Å²) in [5, 5.41) is 0. The highest BCUT2D eigenvalue weighted by Gasteiger charge is 2.31. The normalized spacial score (nSPS) is 33.1. The van der Waals surface area contributed by atoms with Gasteiger partial charge in [-0.1, -0.05) is 13.8 Å². The van der Waals surface area contributed by atoms with Crippen molar-refractivity contribution in [3.8, 4) is 12.3 Å². The molecule has 0 heterocycles. The van der Waals surface area contributed by atoms with Crippen molar-refractivity contribution in [1.29, 1.82) is 0 Å². The fourth-order valence-electron chi connectivity index (χ4n) is 2.34. The standard InChI is InChI=1S/C13H21NO/c1-4-5-12(14)13(15)11-7-6-9(2)10(3)8-11/h1,9-12H,5-8,14H2,2-3H3. The molecule has 0 aromatic rings. The lowest BCUT2D eigenvalue weighted by atomic mass is 9.73. The number of ketones is 1. The van der Waals surface area contributed by atoms with Crippen molar-refractivity contribution in [2.75, 3.05) is 0 Å². The SMILES string of the molecule is C#CCC(N)C(=O)C1CCC(C)C(C)C1. The number of carbonyl (C=O) groups is 1. The molecule has 0 saturated heterocycles. The third-order valence-electron chi connectivity index (χ3n) is 3.70. The molecule has 1 saturated carbocycles. The molecule has 4 unspecified atom stereocenters. The highest BCUT2D eigenvalue weighted by molar-refractivity contribution is 5.86. The molecule has 1 aliphatic rings. The number of carbonyl (C=O) groups excluding carboxylic acids is 1. The van der Waals surface area contributed by atoms with Gasteiger partial charge in [-0.2, -0.15) is 0 Å². The third kappa shape index (κ3) is 3.07. The number of hydrogen-bond acceptors (Lipinski definition) is 2. The topological polar surface area (TPSA) is 43.1 Å². The van der Waals surface area contributed by atoms with Crippen LogP contribution in [0.25, 0.3) is 0 Å². The average Bonchev–Trinajstić information content (AvgIpc) is 2.21.